The molecule has 96 valence electrons. The van der Waals surface area contributed by atoms with Crippen LogP contribution in [-0.4, -0.2) is 31.4 Å². The van der Waals surface area contributed by atoms with E-state index in [0.29, 0.717) is 37.3 Å². The number of aromatic nitrogens is 1. The average Bonchev–Trinajstić information content (AvgIpc) is 2.33. The van der Waals surface area contributed by atoms with Crippen LogP contribution in [0.5, 0.6) is 11.8 Å². The van der Waals surface area contributed by atoms with Gasteiger partial charge in [0, 0.05) is 12.7 Å². The molecule has 5 heteroatoms. The Morgan fingerprint density at radius 2 is 1.94 bits per heavy atom. The van der Waals surface area contributed by atoms with Gasteiger partial charge in [0.05, 0.1) is 18.9 Å². The summed E-state index contributed by atoms with van der Waals surface area (Å²) in [6, 6.07) is 3.44. The summed E-state index contributed by atoms with van der Waals surface area (Å²) in [6.07, 6.45) is 1.01. The van der Waals surface area contributed by atoms with Crippen molar-refractivity contribution in [3.05, 3.63) is 12.1 Å². The Balaban J connectivity index is 2.40. The minimum absolute atomic E-state index is 0.416. The molecule has 0 atom stereocenters. The normalized spacial score (nSPS) is 10.2. The molecule has 0 aliphatic heterocycles. The van der Waals surface area contributed by atoms with Crippen LogP contribution < -0.4 is 15.2 Å². The minimum atomic E-state index is 0.416. The van der Waals surface area contributed by atoms with E-state index in [9.17, 15) is 0 Å². The van der Waals surface area contributed by atoms with Crippen molar-refractivity contribution in [3.63, 3.8) is 0 Å². The molecule has 0 radical (unpaired) electrons. The summed E-state index contributed by atoms with van der Waals surface area (Å²) in [5.74, 6) is 0.919. The summed E-state index contributed by atoms with van der Waals surface area (Å²) < 4.78 is 16.0. The molecule has 5 nitrogen and oxygen atoms in total. The second-order valence-corrected chi connectivity index (χ2v) is 3.44. The number of nitrogens with zero attached hydrogens (tertiary/aromatic N) is 1. The molecule has 0 unspecified atom stereocenters. The second-order valence-electron chi connectivity index (χ2n) is 3.44. The molecule has 1 aromatic rings. The fourth-order valence-corrected chi connectivity index (χ4v) is 1.22. The lowest BCUT2D eigenvalue weighted by atomic mass is 10.4. The zero-order chi connectivity index (χ0) is 12.5. The van der Waals surface area contributed by atoms with Gasteiger partial charge in [-0.25, -0.2) is 0 Å². The van der Waals surface area contributed by atoms with Crippen LogP contribution in [0.15, 0.2) is 12.1 Å². The van der Waals surface area contributed by atoms with Gasteiger partial charge < -0.3 is 19.9 Å². The Kier molecular flexibility index (Phi) is 6.17. The van der Waals surface area contributed by atoms with Gasteiger partial charge in [0.15, 0.2) is 0 Å². The number of hydrogen-bond acceptors (Lipinski definition) is 5. The second kappa shape index (κ2) is 7.73. The van der Waals surface area contributed by atoms with Gasteiger partial charge in [-0.3, -0.25) is 0 Å². The summed E-state index contributed by atoms with van der Waals surface area (Å²) in [4.78, 5) is 4.15. The van der Waals surface area contributed by atoms with Gasteiger partial charge >= 0.3 is 0 Å². The van der Waals surface area contributed by atoms with E-state index in [1.807, 2.05) is 6.92 Å². The van der Waals surface area contributed by atoms with Crippen LogP contribution in [0.1, 0.15) is 20.3 Å². The van der Waals surface area contributed by atoms with Crippen molar-refractivity contribution in [2.24, 2.45) is 0 Å². The van der Waals surface area contributed by atoms with Crippen molar-refractivity contribution in [1.82, 2.24) is 4.98 Å². The molecule has 1 heterocycles. The average molecular weight is 240 g/mol. The first-order valence-electron chi connectivity index (χ1n) is 5.87. The van der Waals surface area contributed by atoms with Crippen LogP contribution in [0, 0.1) is 0 Å². The molecule has 17 heavy (non-hydrogen) atoms. The standard InChI is InChI=1S/C12H20N2O3/c1-3-7-15-8-9-17-11-6-5-10(13)12(14-11)16-4-2/h5-6H,3-4,7-9,13H2,1-2H3. The van der Waals surface area contributed by atoms with Crippen LogP contribution in [0.25, 0.3) is 0 Å². The topological polar surface area (TPSA) is 66.6 Å². The smallest absolute Gasteiger partial charge is 0.240 e. The predicted molar refractivity (Wildman–Crippen MR) is 66.4 cm³/mol. The van der Waals surface area contributed by atoms with Gasteiger partial charge in [-0.1, -0.05) is 6.92 Å². The quantitative estimate of drug-likeness (QED) is 0.703. The molecule has 1 aromatic heterocycles. The molecule has 0 saturated carbocycles. The highest BCUT2D eigenvalue weighted by molar-refractivity contribution is 5.49. The van der Waals surface area contributed by atoms with Gasteiger partial charge in [-0.05, 0) is 19.4 Å². The summed E-state index contributed by atoms with van der Waals surface area (Å²) in [6.45, 7) is 6.26. The molecular formula is C12H20N2O3. The zero-order valence-electron chi connectivity index (χ0n) is 10.4. The Labute approximate surface area is 102 Å². The first-order chi connectivity index (χ1) is 8.27. The third-order valence-electron chi connectivity index (χ3n) is 1.97. The van der Waals surface area contributed by atoms with Crippen LogP contribution in [0.2, 0.25) is 0 Å². The van der Waals surface area contributed by atoms with E-state index in [1.54, 1.807) is 12.1 Å². The van der Waals surface area contributed by atoms with Crippen LogP contribution in [0.4, 0.5) is 5.69 Å². The summed E-state index contributed by atoms with van der Waals surface area (Å²) in [5, 5.41) is 0. The number of nitrogens with two attached hydrogens (primary N) is 1. The molecule has 0 fully saturated rings. The molecule has 0 spiro atoms. The number of hydrogen-bond donors (Lipinski definition) is 1. The first kappa shape index (κ1) is 13.6. The van der Waals surface area contributed by atoms with Crippen molar-refractivity contribution in [2.45, 2.75) is 20.3 Å². The molecule has 0 aliphatic carbocycles. The van der Waals surface area contributed by atoms with Gasteiger partial charge in [-0.15, -0.1) is 0 Å². The van der Waals surface area contributed by atoms with Crippen molar-refractivity contribution >= 4 is 5.69 Å². The minimum Gasteiger partial charge on any atom is -0.476 e. The Morgan fingerprint density at radius 3 is 2.65 bits per heavy atom. The predicted octanol–water partition coefficient (Wildman–Crippen LogP) is 1.87. The Hall–Kier alpha value is -1.49. The summed E-state index contributed by atoms with van der Waals surface area (Å²) >= 11 is 0. The number of pyridine rings is 1. The van der Waals surface area contributed by atoms with E-state index >= 15 is 0 Å². The number of anilines is 1. The lowest BCUT2D eigenvalue weighted by Crippen LogP contribution is -2.08. The SMILES string of the molecule is CCCOCCOc1ccc(N)c(OCC)n1. The van der Waals surface area contributed by atoms with E-state index in [-0.39, 0.29) is 0 Å². The van der Waals surface area contributed by atoms with E-state index in [0.717, 1.165) is 13.0 Å². The molecule has 0 bridgehead atoms. The maximum Gasteiger partial charge on any atom is 0.240 e. The van der Waals surface area contributed by atoms with Crippen molar-refractivity contribution < 1.29 is 14.2 Å². The molecule has 0 saturated heterocycles. The van der Waals surface area contributed by atoms with Crippen LogP contribution >= 0.6 is 0 Å². The van der Waals surface area contributed by atoms with E-state index in [1.165, 1.54) is 0 Å². The summed E-state index contributed by atoms with van der Waals surface area (Å²) in [7, 11) is 0. The van der Waals surface area contributed by atoms with Crippen molar-refractivity contribution in [2.75, 3.05) is 32.2 Å². The fraction of sp³-hybridized carbons (Fsp3) is 0.583. The third kappa shape index (κ3) is 4.91. The zero-order valence-corrected chi connectivity index (χ0v) is 10.4. The van der Waals surface area contributed by atoms with E-state index in [4.69, 9.17) is 19.9 Å². The highest BCUT2D eigenvalue weighted by Crippen LogP contribution is 2.21. The largest absolute Gasteiger partial charge is 0.476 e. The van der Waals surface area contributed by atoms with E-state index in [2.05, 4.69) is 11.9 Å². The van der Waals surface area contributed by atoms with Crippen molar-refractivity contribution in [1.29, 1.82) is 0 Å². The molecule has 2 N–H and O–H groups in total. The highest BCUT2D eigenvalue weighted by Gasteiger charge is 2.04. The van der Waals surface area contributed by atoms with Crippen LogP contribution in [-0.2, 0) is 4.74 Å². The lowest BCUT2D eigenvalue weighted by Gasteiger charge is -2.09. The summed E-state index contributed by atoms with van der Waals surface area (Å²) in [5.41, 5.74) is 6.22. The maximum absolute atomic E-state index is 5.70. The molecule has 0 amide bonds. The third-order valence-corrected chi connectivity index (χ3v) is 1.97. The first-order valence-corrected chi connectivity index (χ1v) is 5.87. The maximum atomic E-state index is 5.70. The lowest BCUT2D eigenvalue weighted by molar-refractivity contribution is 0.0987. The Bertz CT molecular complexity index is 332. The van der Waals surface area contributed by atoms with E-state index < -0.39 is 0 Å². The number of nitrogen functional groups attached to an aromatic ring is 1. The number of rotatable bonds is 8. The molecule has 1 rings (SSSR count). The van der Waals surface area contributed by atoms with Gasteiger partial charge in [0.1, 0.15) is 6.61 Å². The van der Waals surface area contributed by atoms with Crippen molar-refractivity contribution in [3.8, 4) is 11.8 Å². The molecule has 0 aromatic carbocycles. The van der Waals surface area contributed by atoms with Gasteiger partial charge in [0.25, 0.3) is 0 Å². The molecule has 0 aliphatic rings. The molecular weight excluding hydrogens is 220 g/mol. The highest BCUT2D eigenvalue weighted by atomic mass is 16.5. The van der Waals surface area contributed by atoms with Gasteiger partial charge in [-0.2, -0.15) is 4.98 Å². The Morgan fingerprint density at radius 1 is 1.12 bits per heavy atom. The van der Waals surface area contributed by atoms with Crippen LogP contribution in [0.3, 0.4) is 0 Å². The van der Waals surface area contributed by atoms with Gasteiger partial charge in [0.2, 0.25) is 11.8 Å². The number of ether oxygens (including phenoxy) is 3. The fourth-order valence-electron chi connectivity index (χ4n) is 1.22. The monoisotopic (exact) mass is 240 g/mol.